The van der Waals surface area contributed by atoms with Gasteiger partial charge in [-0.15, -0.1) is 11.8 Å². The van der Waals surface area contributed by atoms with Gasteiger partial charge in [-0.05, 0) is 55.0 Å². The van der Waals surface area contributed by atoms with Crippen LogP contribution in [0.25, 0.3) is 0 Å². The van der Waals surface area contributed by atoms with Gasteiger partial charge in [0.15, 0.2) is 0 Å². The summed E-state index contributed by atoms with van der Waals surface area (Å²) in [4.78, 5) is 1.34. The van der Waals surface area contributed by atoms with E-state index in [9.17, 15) is 0 Å². The minimum atomic E-state index is 0.267. The lowest BCUT2D eigenvalue weighted by molar-refractivity contribution is 0.622. The molecule has 1 unspecified atom stereocenters. The highest BCUT2D eigenvalue weighted by molar-refractivity contribution is 7.98. The molecule has 0 saturated heterocycles. The van der Waals surface area contributed by atoms with Crippen molar-refractivity contribution in [2.24, 2.45) is 0 Å². The van der Waals surface area contributed by atoms with Gasteiger partial charge in [0.2, 0.25) is 0 Å². The summed E-state index contributed by atoms with van der Waals surface area (Å²) >= 11 is 1.81. The minimum Gasteiger partial charge on any atom is -0.306 e. The van der Waals surface area contributed by atoms with Crippen LogP contribution in [0, 0.1) is 13.8 Å². The molecule has 0 amide bonds. The highest BCUT2D eigenvalue weighted by Gasteiger charge is 2.16. The third-order valence-electron chi connectivity index (χ3n) is 3.72. The van der Waals surface area contributed by atoms with Crippen molar-refractivity contribution in [1.29, 1.82) is 0 Å². The summed E-state index contributed by atoms with van der Waals surface area (Å²) in [5.74, 6) is 0. The first kappa shape index (κ1) is 15.1. The number of nitrogens with one attached hydrogen (secondary N) is 1. The summed E-state index contributed by atoms with van der Waals surface area (Å²) < 4.78 is 0. The predicted molar refractivity (Wildman–Crippen MR) is 89.7 cm³/mol. The standard InChI is InChI=1S/C18H23NS/c1-5-19-18(15-11-10-13(2)14(3)12-15)16-8-6-7-9-17(16)20-4/h6-12,18-19H,5H2,1-4H3. The Morgan fingerprint density at radius 1 is 1.05 bits per heavy atom. The van der Waals surface area contributed by atoms with Crippen molar-refractivity contribution < 1.29 is 0 Å². The maximum atomic E-state index is 3.62. The van der Waals surface area contributed by atoms with Gasteiger partial charge in [-0.1, -0.05) is 43.3 Å². The molecule has 0 aromatic heterocycles. The van der Waals surface area contributed by atoms with Crippen molar-refractivity contribution >= 4 is 11.8 Å². The van der Waals surface area contributed by atoms with E-state index in [0.717, 1.165) is 6.54 Å². The molecule has 0 bridgehead atoms. The van der Waals surface area contributed by atoms with Crippen molar-refractivity contribution in [1.82, 2.24) is 5.32 Å². The van der Waals surface area contributed by atoms with Crippen LogP contribution in [0.3, 0.4) is 0 Å². The van der Waals surface area contributed by atoms with E-state index in [-0.39, 0.29) is 6.04 Å². The average molecular weight is 285 g/mol. The Bertz CT molecular complexity index is 577. The molecule has 1 N–H and O–H groups in total. The smallest absolute Gasteiger partial charge is 0.0587 e. The van der Waals surface area contributed by atoms with E-state index >= 15 is 0 Å². The van der Waals surface area contributed by atoms with E-state index in [4.69, 9.17) is 0 Å². The van der Waals surface area contributed by atoms with Gasteiger partial charge in [0, 0.05) is 4.90 Å². The van der Waals surface area contributed by atoms with Crippen LogP contribution in [0.2, 0.25) is 0 Å². The number of thioether (sulfide) groups is 1. The maximum absolute atomic E-state index is 3.62. The Kier molecular flexibility index (Phi) is 5.27. The molecule has 0 heterocycles. The molecular weight excluding hydrogens is 262 g/mol. The number of hydrogen-bond donors (Lipinski definition) is 1. The fourth-order valence-corrected chi connectivity index (χ4v) is 3.10. The second-order valence-electron chi connectivity index (χ2n) is 5.08. The summed E-state index contributed by atoms with van der Waals surface area (Å²) in [6.07, 6.45) is 2.14. The van der Waals surface area contributed by atoms with Crippen LogP contribution in [0.1, 0.15) is 35.2 Å². The van der Waals surface area contributed by atoms with Gasteiger partial charge in [0.05, 0.1) is 6.04 Å². The molecule has 0 aliphatic rings. The lowest BCUT2D eigenvalue weighted by atomic mass is 9.95. The van der Waals surface area contributed by atoms with Crippen LogP contribution in [-0.4, -0.2) is 12.8 Å². The van der Waals surface area contributed by atoms with Gasteiger partial charge in [-0.3, -0.25) is 0 Å². The van der Waals surface area contributed by atoms with Crippen molar-refractivity contribution in [3.63, 3.8) is 0 Å². The number of hydrogen-bond acceptors (Lipinski definition) is 2. The van der Waals surface area contributed by atoms with Crippen LogP contribution in [0.5, 0.6) is 0 Å². The quantitative estimate of drug-likeness (QED) is 0.797. The monoisotopic (exact) mass is 285 g/mol. The van der Waals surface area contributed by atoms with Gasteiger partial charge < -0.3 is 5.32 Å². The summed E-state index contributed by atoms with van der Waals surface area (Å²) in [7, 11) is 0. The molecule has 0 aliphatic carbocycles. The molecule has 0 fully saturated rings. The molecule has 1 nitrogen and oxygen atoms in total. The van der Waals surface area contributed by atoms with Gasteiger partial charge in [0.25, 0.3) is 0 Å². The second kappa shape index (κ2) is 6.96. The molecule has 2 aromatic rings. The molecule has 2 heteroatoms. The molecule has 20 heavy (non-hydrogen) atoms. The topological polar surface area (TPSA) is 12.0 Å². The number of rotatable bonds is 5. The van der Waals surface area contributed by atoms with Crippen molar-refractivity contribution in [2.75, 3.05) is 12.8 Å². The second-order valence-corrected chi connectivity index (χ2v) is 5.92. The highest BCUT2D eigenvalue weighted by atomic mass is 32.2. The molecule has 2 aromatic carbocycles. The zero-order valence-electron chi connectivity index (χ0n) is 12.7. The molecular formula is C18H23NS. The van der Waals surface area contributed by atoms with E-state index < -0.39 is 0 Å². The molecule has 0 aliphatic heterocycles. The van der Waals surface area contributed by atoms with Crippen molar-refractivity contribution in [3.05, 3.63) is 64.7 Å². The Morgan fingerprint density at radius 2 is 1.80 bits per heavy atom. The maximum Gasteiger partial charge on any atom is 0.0587 e. The average Bonchev–Trinajstić information content (AvgIpc) is 2.48. The Balaban J connectivity index is 2.47. The van der Waals surface area contributed by atoms with Gasteiger partial charge in [0.1, 0.15) is 0 Å². The van der Waals surface area contributed by atoms with Crippen molar-refractivity contribution in [3.8, 4) is 0 Å². The summed E-state index contributed by atoms with van der Waals surface area (Å²) in [5, 5.41) is 3.62. The summed E-state index contributed by atoms with van der Waals surface area (Å²) in [6, 6.07) is 15.7. The third kappa shape index (κ3) is 3.25. The fourth-order valence-electron chi connectivity index (χ4n) is 2.46. The Labute approximate surface area is 126 Å². The Morgan fingerprint density at radius 3 is 2.45 bits per heavy atom. The van der Waals surface area contributed by atoms with Crippen LogP contribution in [-0.2, 0) is 0 Å². The molecule has 1 atom stereocenters. The zero-order chi connectivity index (χ0) is 14.5. The van der Waals surface area contributed by atoms with Gasteiger partial charge in [-0.2, -0.15) is 0 Å². The molecule has 0 radical (unpaired) electrons. The largest absolute Gasteiger partial charge is 0.306 e. The third-order valence-corrected chi connectivity index (χ3v) is 4.53. The first-order valence-corrected chi connectivity index (χ1v) is 8.33. The number of aryl methyl sites for hydroxylation is 2. The van der Waals surface area contributed by atoms with Crippen LogP contribution in [0.15, 0.2) is 47.4 Å². The van der Waals surface area contributed by atoms with E-state index in [2.05, 4.69) is 74.8 Å². The lowest BCUT2D eigenvalue weighted by Crippen LogP contribution is -2.22. The van der Waals surface area contributed by atoms with E-state index in [1.807, 2.05) is 11.8 Å². The van der Waals surface area contributed by atoms with Crippen LogP contribution >= 0.6 is 11.8 Å². The summed E-state index contributed by atoms with van der Waals surface area (Å²) in [5.41, 5.74) is 5.41. The highest BCUT2D eigenvalue weighted by Crippen LogP contribution is 2.30. The molecule has 2 rings (SSSR count). The fraction of sp³-hybridized carbons (Fsp3) is 0.333. The van der Waals surface area contributed by atoms with Gasteiger partial charge >= 0.3 is 0 Å². The van der Waals surface area contributed by atoms with Crippen LogP contribution in [0.4, 0.5) is 0 Å². The van der Waals surface area contributed by atoms with E-state index in [1.165, 1.54) is 27.1 Å². The number of benzene rings is 2. The molecule has 0 spiro atoms. The SMILES string of the molecule is CCNC(c1ccc(C)c(C)c1)c1ccccc1SC. The first-order valence-electron chi connectivity index (χ1n) is 7.10. The van der Waals surface area contributed by atoms with Gasteiger partial charge in [-0.25, -0.2) is 0 Å². The molecule has 106 valence electrons. The van der Waals surface area contributed by atoms with E-state index in [1.54, 1.807) is 0 Å². The Hall–Kier alpha value is -1.25. The minimum absolute atomic E-state index is 0.267. The van der Waals surface area contributed by atoms with Crippen LogP contribution < -0.4 is 5.32 Å². The normalized spacial score (nSPS) is 12.4. The zero-order valence-corrected chi connectivity index (χ0v) is 13.6. The first-order chi connectivity index (χ1) is 9.67. The van der Waals surface area contributed by atoms with E-state index in [0.29, 0.717) is 0 Å². The van der Waals surface area contributed by atoms with Crippen molar-refractivity contribution in [2.45, 2.75) is 31.7 Å². The summed E-state index contributed by atoms with van der Waals surface area (Å²) in [6.45, 7) is 7.47. The predicted octanol–water partition coefficient (Wildman–Crippen LogP) is 4.72. The molecule has 0 saturated carbocycles. The lowest BCUT2D eigenvalue weighted by Gasteiger charge is -2.22.